The van der Waals surface area contributed by atoms with E-state index in [1.54, 1.807) is 0 Å². The minimum Gasteiger partial charge on any atom is -0.478 e. The van der Waals surface area contributed by atoms with Gasteiger partial charge in [0.05, 0.1) is 0 Å². The second kappa shape index (κ2) is 6.22. The van der Waals surface area contributed by atoms with Crippen LogP contribution < -0.4 is 5.32 Å². The summed E-state index contributed by atoms with van der Waals surface area (Å²) in [4.78, 5) is 18.0. The van der Waals surface area contributed by atoms with E-state index in [0.717, 1.165) is 30.9 Å². The van der Waals surface area contributed by atoms with Crippen molar-refractivity contribution in [2.75, 3.05) is 32.0 Å². The predicted octanol–water partition coefficient (Wildman–Crippen LogP) is 2.15. The number of carboxylic acids is 1. The third-order valence-corrected chi connectivity index (χ3v) is 3.84. The molecular formula is C15H23N3O2. The highest BCUT2D eigenvalue weighted by Crippen LogP contribution is 2.21. The number of anilines is 1. The molecule has 1 aromatic rings. The minimum atomic E-state index is -0.918. The topological polar surface area (TPSA) is 65.5 Å². The maximum absolute atomic E-state index is 11.4. The third-order valence-electron chi connectivity index (χ3n) is 3.84. The van der Waals surface area contributed by atoms with Crippen LogP contribution in [-0.4, -0.2) is 47.6 Å². The standard InChI is InChI=1S/C15H23N3O2/c1-10-7-11(2)17-14(13(10)15(19)20)16-8-12-5-4-6-18(3)9-12/h7,12H,4-6,8-9H2,1-3H3,(H,16,17)(H,19,20). The van der Waals surface area contributed by atoms with Crippen LogP contribution in [0.15, 0.2) is 6.07 Å². The molecule has 1 fully saturated rings. The third kappa shape index (κ3) is 3.48. The van der Waals surface area contributed by atoms with Crippen LogP contribution in [0.4, 0.5) is 5.82 Å². The number of hydrogen-bond acceptors (Lipinski definition) is 4. The molecular weight excluding hydrogens is 254 g/mol. The van der Waals surface area contributed by atoms with Crippen LogP contribution in [0.5, 0.6) is 0 Å². The van der Waals surface area contributed by atoms with Gasteiger partial charge < -0.3 is 15.3 Å². The van der Waals surface area contributed by atoms with Crippen LogP contribution in [0.3, 0.4) is 0 Å². The summed E-state index contributed by atoms with van der Waals surface area (Å²) in [5.74, 6) is 0.138. The second-order valence-electron chi connectivity index (χ2n) is 5.76. The molecule has 2 heterocycles. The van der Waals surface area contributed by atoms with Crippen molar-refractivity contribution in [2.24, 2.45) is 5.92 Å². The van der Waals surface area contributed by atoms with Gasteiger partial charge in [0.15, 0.2) is 0 Å². The number of nitrogens with zero attached hydrogens (tertiary/aromatic N) is 2. The number of carbonyl (C=O) groups is 1. The Bertz CT molecular complexity index is 502. The largest absolute Gasteiger partial charge is 0.478 e. The van der Waals surface area contributed by atoms with Crippen LogP contribution in [-0.2, 0) is 0 Å². The molecule has 20 heavy (non-hydrogen) atoms. The molecule has 110 valence electrons. The fraction of sp³-hybridized carbons (Fsp3) is 0.600. The lowest BCUT2D eigenvalue weighted by Gasteiger charge is -2.30. The van der Waals surface area contributed by atoms with Crippen LogP contribution >= 0.6 is 0 Å². The zero-order valence-electron chi connectivity index (χ0n) is 12.4. The Morgan fingerprint density at radius 3 is 2.95 bits per heavy atom. The average molecular weight is 277 g/mol. The number of aryl methyl sites for hydroxylation is 2. The van der Waals surface area contributed by atoms with E-state index in [9.17, 15) is 9.90 Å². The highest BCUT2D eigenvalue weighted by atomic mass is 16.4. The fourth-order valence-electron chi connectivity index (χ4n) is 2.92. The van der Waals surface area contributed by atoms with E-state index in [4.69, 9.17) is 0 Å². The minimum absolute atomic E-state index is 0.291. The maximum atomic E-state index is 11.4. The smallest absolute Gasteiger partial charge is 0.339 e. The zero-order valence-corrected chi connectivity index (χ0v) is 12.4. The van der Waals surface area contributed by atoms with E-state index in [2.05, 4.69) is 22.2 Å². The van der Waals surface area contributed by atoms with E-state index in [-0.39, 0.29) is 0 Å². The van der Waals surface area contributed by atoms with E-state index in [1.807, 2.05) is 19.9 Å². The summed E-state index contributed by atoms with van der Waals surface area (Å²) in [7, 11) is 2.13. The van der Waals surface area contributed by atoms with E-state index in [1.165, 1.54) is 12.8 Å². The molecule has 0 bridgehead atoms. The molecule has 1 atom stereocenters. The van der Waals surface area contributed by atoms with Gasteiger partial charge in [-0.15, -0.1) is 0 Å². The van der Waals surface area contributed by atoms with Gasteiger partial charge in [0.1, 0.15) is 11.4 Å². The summed E-state index contributed by atoms with van der Waals surface area (Å²) < 4.78 is 0. The Morgan fingerprint density at radius 2 is 2.30 bits per heavy atom. The Morgan fingerprint density at radius 1 is 1.55 bits per heavy atom. The molecule has 0 amide bonds. The Balaban J connectivity index is 2.10. The van der Waals surface area contributed by atoms with E-state index >= 15 is 0 Å². The Labute approximate surface area is 120 Å². The molecule has 1 unspecified atom stereocenters. The van der Waals surface area contributed by atoms with Crippen molar-refractivity contribution < 1.29 is 9.90 Å². The van der Waals surface area contributed by atoms with Crippen molar-refractivity contribution in [1.82, 2.24) is 9.88 Å². The van der Waals surface area contributed by atoms with Gasteiger partial charge in [-0.3, -0.25) is 0 Å². The van der Waals surface area contributed by atoms with Crippen molar-refractivity contribution in [1.29, 1.82) is 0 Å². The number of rotatable bonds is 4. The number of aromatic carboxylic acids is 1. The summed E-state index contributed by atoms with van der Waals surface area (Å²) in [6, 6.07) is 1.81. The number of aromatic nitrogens is 1. The highest BCUT2D eigenvalue weighted by Gasteiger charge is 2.19. The zero-order chi connectivity index (χ0) is 14.7. The van der Waals surface area contributed by atoms with E-state index < -0.39 is 5.97 Å². The highest BCUT2D eigenvalue weighted by molar-refractivity contribution is 5.94. The fourth-order valence-corrected chi connectivity index (χ4v) is 2.92. The molecule has 1 saturated heterocycles. The predicted molar refractivity (Wildman–Crippen MR) is 79.4 cm³/mol. The second-order valence-corrected chi connectivity index (χ2v) is 5.76. The van der Waals surface area contributed by atoms with Crippen molar-refractivity contribution in [3.05, 3.63) is 22.9 Å². The first-order valence-corrected chi connectivity index (χ1v) is 7.11. The van der Waals surface area contributed by atoms with E-state index in [0.29, 0.717) is 17.3 Å². The van der Waals surface area contributed by atoms with Crippen molar-refractivity contribution >= 4 is 11.8 Å². The summed E-state index contributed by atoms with van der Waals surface area (Å²) >= 11 is 0. The van der Waals surface area contributed by atoms with Gasteiger partial charge in [-0.1, -0.05) is 0 Å². The van der Waals surface area contributed by atoms with Crippen molar-refractivity contribution in [3.8, 4) is 0 Å². The van der Waals surface area contributed by atoms with Crippen LogP contribution in [0, 0.1) is 19.8 Å². The summed E-state index contributed by atoms with van der Waals surface area (Å²) in [6.07, 6.45) is 2.39. The van der Waals surface area contributed by atoms with Crippen LogP contribution in [0.1, 0.15) is 34.5 Å². The van der Waals surface area contributed by atoms with Gasteiger partial charge in [-0.25, -0.2) is 9.78 Å². The van der Waals surface area contributed by atoms with Gasteiger partial charge in [0.25, 0.3) is 0 Å². The molecule has 5 nitrogen and oxygen atoms in total. The monoisotopic (exact) mass is 277 g/mol. The van der Waals surface area contributed by atoms with Gasteiger partial charge in [0, 0.05) is 18.8 Å². The number of nitrogens with one attached hydrogen (secondary N) is 1. The number of pyridine rings is 1. The first-order chi connectivity index (χ1) is 9.47. The SMILES string of the molecule is Cc1cc(C)c(C(=O)O)c(NCC2CCCN(C)C2)n1. The molecule has 2 rings (SSSR count). The normalized spacial score (nSPS) is 19.9. The van der Waals surface area contributed by atoms with Gasteiger partial charge in [0.2, 0.25) is 0 Å². The van der Waals surface area contributed by atoms with Crippen LogP contribution in [0.2, 0.25) is 0 Å². The molecule has 0 aromatic carbocycles. The molecule has 0 saturated carbocycles. The average Bonchev–Trinajstić information content (AvgIpc) is 2.35. The van der Waals surface area contributed by atoms with Crippen molar-refractivity contribution in [3.63, 3.8) is 0 Å². The van der Waals surface area contributed by atoms with Gasteiger partial charge in [-0.2, -0.15) is 0 Å². The Hall–Kier alpha value is -1.62. The Kier molecular flexibility index (Phi) is 4.60. The first kappa shape index (κ1) is 14.8. The lowest BCUT2D eigenvalue weighted by molar-refractivity contribution is 0.0696. The lowest BCUT2D eigenvalue weighted by Crippen LogP contribution is -2.35. The molecule has 1 aliphatic rings. The molecule has 0 spiro atoms. The number of likely N-dealkylation sites (tertiary alicyclic amines) is 1. The number of hydrogen-bond donors (Lipinski definition) is 2. The van der Waals surface area contributed by atoms with Gasteiger partial charge in [-0.05, 0) is 57.8 Å². The number of carboxylic acid groups (broad SMARTS) is 1. The summed E-state index contributed by atoms with van der Waals surface area (Å²) in [5, 5.41) is 12.6. The molecule has 2 N–H and O–H groups in total. The maximum Gasteiger partial charge on any atom is 0.339 e. The molecule has 0 aliphatic carbocycles. The quantitative estimate of drug-likeness (QED) is 0.883. The molecule has 1 aromatic heterocycles. The van der Waals surface area contributed by atoms with Gasteiger partial charge >= 0.3 is 5.97 Å². The molecule has 1 aliphatic heterocycles. The van der Waals surface area contributed by atoms with Crippen molar-refractivity contribution in [2.45, 2.75) is 26.7 Å². The van der Waals surface area contributed by atoms with Crippen LogP contribution in [0.25, 0.3) is 0 Å². The summed E-state index contributed by atoms with van der Waals surface area (Å²) in [6.45, 7) is 6.69. The number of piperidine rings is 1. The lowest BCUT2D eigenvalue weighted by atomic mass is 9.98. The first-order valence-electron chi connectivity index (χ1n) is 7.11. The molecule has 0 radical (unpaired) electrons. The molecule has 5 heteroatoms. The summed E-state index contributed by atoms with van der Waals surface area (Å²) in [5.41, 5.74) is 1.89.